The molecule has 0 unspecified atom stereocenters. The van der Waals surface area contributed by atoms with Gasteiger partial charge in [-0.15, -0.1) is 0 Å². The van der Waals surface area contributed by atoms with Crippen molar-refractivity contribution in [1.82, 2.24) is 15.1 Å². The average Bonchev–Trinajstić information content (AvgIpc) is 2.82. The molecule has 1 N–H and O–H groups in total. The molecule has 2 fully saturated rings. The molecule has 2 saturated heterocycles. The third kappa shape index (κ3) is 6.90. The lowest BCUT2D eigenvalue weighted by Crippen LogP contribution is -2.35. The van der Waals surface area contributed by atoms with Gasteiger partial charge in [0.05, 0.1) is 0 Å². The van der Waals surface area contributed by atoms with E-state index in [0.29, 0.717) is 18.8 Å². The number of carbonyl (C=O) groups is 2. The maximum absolute atomic E-state index is 12.2. The molecule has 2 rings (SSSR count). The molecule has 1 atom stereocenters. The first-order valence-corrected chi connectivity index (χ1v) is 9.38. The monoisotopic (exact) mass is 323 g/mol. The maximum Gasteiger partial charge on any atom is 0.223 e. The first-order chi connectivity index (χ1) is 11.1. The summed E-state index contributed by atoms with van der Waals surface area (Å²) in [4.78, 5) is 28.4. The van der Waals surface area contributed by atoms with Crippen LogP contribution in [0.1, 0.15) is 57.8 Å². The Hall–Kier alpha value is -1.10. The zero-order valence-corrected chi connectivity index (χ0v) is 14.7. The summed E-state index contributed by atoms with van der Waals surface area (Å²) < 4.78 is 0. The van der Waals surface area contributed by atoms with Crippen LogP contribution in [0.25, 0.3) is 0 Å². The van der Waals surface area contributed by atoms with E-state index in [9.17, 15) is 9.59 Å². The van der Waals surface area contributed by atoms with Crippen LogP contribution in [0.15, 0.2) is 0 Å². The van der Waals surface area contributed by atoms with Crippen LogP contribution in [0.2, 0.25) is 0 Å². The van der Waals surface area contributed by atoms with Gasteiger partial charge in [-0.3, -0.25) is 9.59 Å². The molecular formula is C18H33N3O2. The van der Waals surface area contributed by atoms with E-state index in [1.807, 2.05) is 4.90 Å². The van der Waals surface area contributed by atoms with E-state index in [4.69, 9.17) is 0 Å². The zero-order chi connectivity index (χ0) is 16.5. The van der Waals surface area contributed by atoms with Crippen molar-refractivity contribution in [3.8, 4) is 0 Å². The molecule has 0 aliphatic carbocycles. The Kier molecular flexibility index (Phi) is 7.86. The Morgan fingerprint density at radius 2 is 1.74 bits per heavy atom. The number of amides is 2. The van der Waals surface area contributed by atoms with Gasteiger partial charge in [-0.2, -0.15) is 0 Å². The van der Waals surface area contributed by atoms with E-state index in [2.05, 4.69) is 17.3 Å². The Balaban J connectivity index is 1.56. The van der Waals surface area contributed by atoms with Crippen molar-refractivity contribution in [1.29, 1.82) is 0 Å². The normalized spacial score (nSPS) is 23.3. The number of piperidine rings is 1. The summed E-state index contributed by atoms with van der Waals surface area (Å²) in [6, 6.07) is 0. The van der Waals surface area contributed by atoms with Gasteiger partial charge in [-0.1, -0.05) is 12.8 Å². The highest BCUT2D eigenvalue weighted by atomic mass is 16.2. The van der Waals surface area contributed by atoms with E-state index in [-0.39, 0.29) is 11.8 Å². The third-order valence-corrected chi connectivity index (χ3v) is 5.12. The SMILES string of the molecule is CN1CCC[C@@H](CCNC(=O)CCC(=O)N2CCCCCC2)C1. The Labute approximate surface area is 140 Å². The van der Waals surface area contributed by atoms with Crippen molar-refractivity contribution in [3.05, 3.63) is 0 Å². The summed E-state index contributed by atoms with van der Waals surface area (Å²) in [6.45, 7) is 4.82. The molecule has 2 aliphatic heterocycles. The Morgan fingerprint density at radius 3 is 2.43 bits per heavy atom. The van der Waals surface area contributed by atoms with Gasteiger partial charge in [0.25, 0.3) is 0 Å². The van der Waals surface area contributed by atoms with Crippen LogP contribution < -0.4 is 5.32 Å². The van der Waals surface area contributed by atoms with Crippen molar-refractivity contribution in [2.75, 3.05) is 39.8 Å². The van der Waals surface area contributed by atoms with E-state index >= 15 is 0 Å². The molecule has 0 radical (unpaired) electrons. The summed E-state index contributed by atoms with van der Waals surface area (Å²) in [5, 5.41) is 2.99. The molecule has 23 heavy (non-hydrogen) atoms. The second kappa shape index (κ2) is 9.91. The molecule has 2 heterocycles. The molecule has 2 aliphatic rings. The summed E-state index contributed by atoms with van der Waals surface area (Å²) in [6.07, 6.45) is 8.93. The molecule has 5 heteroatoms. The van der Waals surface area contributed by atoms with Gasteiger partial charge < -0.3 is 15.1 Å². The fourth-order valence-electron chi connectivity index (χ4n) is 3.71. The number of rotatable bonds is 6. The highest BCUT2D eigenvalue weighted by molar-refractivity contribution is 5.83. The Bertz CT molecular complexity index is 378. The van der Waals surface area contributed by atoms with Gasteiger partial charge in [0, 0.05) is 39.0 Å². The summed E-state index contributed by atoms with van der Waals surface area (Å²) >= 11 is 0. The van der Waals surface area contributed by atoms with E-state index in [1.54, 1.807) is 0 Å². The molecule has 5 nitrogen and oxygen atoms in total. The number of hydrogen-bond donors (Lipinski definition) is 1. The first-order valence-electron chi connectivity index (χ1n) is 9.38. The van der Waals surface area contributed by atoms with Gasteiger partial charge >= 0.3 is 0 Å². The zero-order valence-electron chi connectivity index (χ0n) is 14.7. The number of carbonyl (C=O) groups excluding carboxylic acids is 2. The lowest BCUT2D eigenvalue weighted by atomic mass is 9.95. The van der Waals surface area contributed by atoms with Crippen LogP contribution in [0, 0.1) is 5.92 Å². The van der Waals surface area contributed by atoms with E-state index in [0.717, 1.165) is 45.4 Å². The van der Waals surface area contributed by atoms with Gasteiger partial charge in [0.1, 0.15) is 0 Å². The van der Waals surface area contributed by atoms with Crippen LogP contribution in [0.5, 0.6) is 0 Å². The molecule has 0 aromatic rings. The quantitative estimate of drug-likeness (QED) is 0.813. The highest BCUT2D eigenvalue weighted by Gasteiger charge is 2.18. The smallest absolute Gasteiger partial charge is 0.223 e. The lowest BCUT2D eigenvalue weighted by molar-refractivity contribution is -0.133. The predicted octanol–water partition coefficient (Wildman–Crippen LogP) is 2.02. The van der Waals surface area contributed by atoms with Crippen molar-refractivity contribution < 1.29 is 9.59 Å². The van der Waals surface area contributed by atoms with Crippen LogP contribution in [-0.2, 0) is 9.59 Å². The maximum atomic E-state index is 12.2. The fraction of sp³-hybridized carbons (Fsp3) is 0.889. The Morgan fingerprint density at radius 1 is 1.00 bits per heavy atom. The van der Waals surface area contributed by atoms with Crippen LogP contribution in [0.3, 0.4) is 0 Å². The fourth-order valence-corrected chi connectivity index (χ4v) is 3.71. The van der Waals surface area contributed by atoms with Gasteiger partial charge in [-0.05, 0) is 51.6 Å². The van der Waals surface area contributed by atoms with E-state index < -0.39 is 0 Å². The minimum Gasteiger partial charge on any atom is -0.356 e. The first kappa shape index (κ1) is 18.2. The predicted molar refractivity (Wildman–Crippen MR) is 92.1 cm³/mol. The standard InChI is InChI=1S/C18H33N3O2/c1-20-12-6-7-16(15-20)10-11-19-17(22)8-9-18(23)21-13-4-2-3-5-14-21/h16H,2-15H2,1H3,(H,19,22)/t16-/m0/s1. The van der Waals surface area contributed by atoms with Crippen molar-refractivity contribution in [3.63, 3.8) is 0 Å². The number of hydrogen-bond acceptors (Lipinski definition) is 3. The average molecular weight is 323 g/mol. The molecule has 2 amide bonds. The van der Waals surface area contributed by atoms with Gasteiger partial charge in [0.15, 0.2) is 0 Å². The van der Waals surface area contributed by atoms with Crippen LogP contribution >= 0.6 is 0 Å². The summed E-state index contributed by atoms with van der Waals surface area (Å²) in [5.41, 5.74) is 0. The molecule has 0 saturated carbocycles. The highest BCUT2D eigenvalue weighted by Crippen LogP contribution is 2.17. The second-order valence-electron chi connectivity index (χ2n) is 7.20. The molecule has 0 bridgehead atoms. The summed E-state index contributed by atoms with van der Waals surface area (Å²) in [5.74, 6) is 0.876. The van der Waals surface area contributed by atoms with Gasteiger partial charge in [0.2, 0.25) is 11.8 Å². The van der Waals surface area contributed by atoms with Crippen LogP contribution in [0.4, 0.5) is 0 Å². The number of likely N-dealkylation sites (tertiary alicyclic amines) is 2. The van der Waals surface area contributed by atoms with Crippen molar-refractivity contribution >= 4 is 11.8 Å². The van der Waals surface area contributed by atoms with Gasteiger partial charge in [-0.25, -0.2) is 0 Å². The number of nitrogens with one attached hydrogen (secondary N) is 1. The molecular weight excluding hydrogens is 290 g/mol. The van der Waals surface area contributed by atoms with Crippen molar-refractivity contribution in [2.45, 2.75) is 57.8 Å². The minimum absolute atomic E-state index is 0.0253. The topological polar surface area (TPSA) is 52.7 Å². The summed E-state index contributed by atoms with van der Waals surface area (Å²) in [7, 11) is 2.17. The van der Waals surface area contributed by atoms with Crippen LogP contribution in [-0.4, -0.2) is 61.4 Å². The minimum atomic E-state index is 0.0253. The molecule has 0 aromatic carbocycles. The molecule has 0 spiro atoms. The largest absolute Gasteiger partial charge is 0.356 e. The molecule has 132 valence electrons. The van der Waals surface area contributed by atoms with Crippen molar-refractivity contribution in [2.24, 2.45) is 5.92 Å². The second-order valence-corrected chi connectivity index (χ2v) is 7.20. The third-order valence-electron chi connectivity index (χ3n) is 5.12. The van der Waals surface area contributed by atoms with E-state index in [1.165, 1.54) is 32.2 Å². The number of nitrogens with zero attached hydrogens (tertiary/aromatic N) is 2. The molecule has 0 aromatic heterocycles. The lowest BCUT2D eigenvalue weighted by Gasteiger charge is -2.29.